The van der Waals surface area contributed by atoms with Crippen molar-refractivity contribution in [3.8, 4) is 5.75 Å². The zero-order valence-corrected chi connectivity index (χ0v) is 10.3. The molecule has 2 N–H and O–H groups in total. The van der Waals surface area contributed by atoms with Crippen molar-refractivity contribution in [3.05, 3.63) is 24.0 Å². The molecule has 0 radical (unpaired) electrons. The molecule has 0 aliphatic rings. The second kappa shape index (κ2) is 7.23. The highest BCUT2D eigenvalue weighted by atomic mass is 16.5. The van der Waals surface area contributed by atoms with Crippen LogP contribution in [-0.2, 0) is 6.42 Å². The number of pyridine rings is 1. The normalized spacial score (nSPS) is 10.8. The second-order valence-corrected chi connectivity index (χ2v) is 4.41. The van der Waals surface area contributed by atoms with E-state index in [-0.39, 0.29) is 0 Å². The molecule has 1 aromatic rings. The molecule has 0 spiro atoms. The molecular formula is C13H22N2O. The summed E-state index contributed by atoms with van der Waals surface area (Å²) in [6.45, 7) is 5.87. The summed E-state index contributed by atoms with van der Waals surface area (Å²) in [6, 6.07) is 3.94. The standard InChI is InChI=1S/C13H22N2O/c1-11(2)4-3-9-16-13-6-5-12(7-8-14)15-10-13/h5-6,10-11H,3-4,7-9,14H2,1-2H3. The molecule has 1 heterocycles. The van der Waals surface area contributed by atoms with Gasteiger partial charge >= 0.3 is 0 Å². The summed E-state index contributed by atoms with van der Waals surface area (Å²) in [5, 5.41) is 0. The van der Waals surface area contributed by atoms with E-state index in [1.807, 2.05) is 12.1 Å². The fraction of sp³-hybridized carbons (Fsp3) is 0.615. The molecule has 0 saturated carbocycles. The Balaban J connectivity index is 2.26. The minimum Gasteiger partial charge on any atom is -0.492 e. The first kappa shape index (κ1) is 13.0. The largest absolute Gasteiger partial charge is 0.492 e. The molecule has 0 saturated heterocycles. The van der Waals surface area contributed by atoms with Crippen LogP contribution in [0, 0.1) is 5.92 Å². The molecule has 0 aromatic carbocycles. The zero-order chi connectivity index (χ0) is 11.8. The van der Waals surface area contributed by atoms with E-state index in [4.69, 9.17) is 10.5 Å². The van der Waals surface area contributed by atoms with E-state index in [1.54, 1.807) is 6.20 Å². The fourth-order valence-electron chi connectivity index (χ4n) is 1.47. The van der Waals surface area contributed by atoms with Gasteiger partial charge in [-0.2, -0.15) is 0 Å². The number of aromatic nitrogens is 1. The predicted molar refractivity (Wildman–Crippen MR) is 66.6 cm³/mol. The van der Waals surface area contributed by atoms with Gasteiger partial charge in [-0.25, -0.2) is 0 Å². The minimum atomic E-state index is 0.640. The Labute approximate surface area is 98.0 Å². The lowest BCUT2D eigenvalue weighted by atomic mass is 10.1. The molecule has 0 unspecified atom stereocenters. The number of nitrogens with two attached hydrogens (primary N) is 1. The summed E-state index contributed by atoms with van der Waals surface area (Å²) in [5.74, 6) is 1.60. The van der Waals surface area contributed by atoms with Crippen LogP contribution in [0.1, 0.15) is 32.4 Å². The third-order valence-electron chi connectivity index (χ3n) is 2.39. The number of rotatable bonds is 7. The molecule has 0 amide bonds. The van der Waals surface area contributed by atoms with Gasteiger partial charge in [0.1, 0.15) is 5.75 Å². The minimum absolute atomic E-state index is 0.640. The van der Waals surface area contributed by atoms with Crippen LogP contribution >= 0.6 is 0 Å². The van der Waals surface area contributed by atoms with Crippen molar-refractivity contribution >= 4 is 0 Å². The summed E-state index contributed by atoms with van der Waals surface area (Å²) in [4.78, 5) is 4.28. The van der Waals surface area contributed by atoms with Crippen LogP contribution in [0.2, 0.25) is 0 Å². The lowest BCUT2D eigenvalue weighted by Gasteiger charge is -2.07. The Hall–Kier alpha value is -1.09. The maximum absolute atomic E-state index is 5.60. The van der Waals surface area contributed by atoms with Gasteiger partial charge < -0.3 is 10.5 Å². The molecule has 3 heteroatoms. The lowest BCUT2D eigenvalue weighted by Crippen LogP contribution is -2.04. The molecular weight excluding hydrogens is 200 g/mol. The van der Waals surface area contributed by atoms with Crippen LogP contribution in [0.4, 0.5) is 0 Å². The quantitative estimate of drug-likeness (QED) is 0.721. The SMILES string of the molecule is CC(C)CCCOc1ccc(CCN)nc1. The molecule has 90 valence electrons. The van der Waals surface area contributed by atoms with E-state index in [1.165, 1.54) is 6.42 Å². The first-order chi connectivity index (χ1) is 7.72. The Morgan fingerprint density at radius 1 is 1.38 bits per heavy atom. The van der Waals surface area contributed by atoms with Gasteiger partial charge in [0, 0.05) is 12.1 Å². The lowest BCUT2D eigenvalue weighted by molar-refractivity contribution is 0.296. The molecule has 0 fully saturated rings. The van der Waals surface area contributed by atoms with E-state index in [2.05, 4.69) is 18.8 Å². The summed E-state index contributed by atoms with van der Waals surface area (Å²) in [6.07, 6.45) is 4.91. The van der Waals surface area contributed by atoms with Crippen molar-refractivity contribution in [2.24, 2.45) is 11.7 Å². The average Bonchev–Trinajstić information content (AvgIpc) is 2.27. The van der Waals surface area contributed by atoms with Crippen molar-refractivity contribution in [1.29, 1.82) is 0 Å². The smallest absolute Gasteiger partial charge is 0.137 e. The highest BCUT2D eigenvalue weighted by Gasteiger charge is 1.98. The van der Waals surface area contributed by atoms with E-state index >= 15 is 0 Å². The van der Waals surface area contributed by atoms with Gasteiger partial charge in [0.05, 0.1) is 12.8 Å². The second-order valence-electron chi connectivity index (χ2n) is 4.41. The third-order valence-corrected chi connectivity index (χ3v) is 2.39. The molecule has 16 heavy (non-hydrogen) atoms. The Bertz CT molecular complexity index is 282. The Morgan fingerprint density at radius 3 is 2.75 bits per heavy atom. The molecule has 1 rings (SSSR count). The first-order valence-electron chi connectivity index (χ1n) is 6.00. The van der Waals surface area contributed by atoms with Crippen LogP contribution in [0.15, 0.2) is 18.3 Å². The van der Waals surface area contributed by atoms with Crippen LogP contribution in [0.5, 0.6) is 5.75 Å². The van der Waals surface area contributed by atoms with Gasteiger partial charge in [0.2, 0.25) is 0 Å². The first-order valence-corrected chi connectivity index (χ1v) is 6.00. The van der Waals surface area contributed by atoms with Crippen molar-refractivity contribution in [1.82, 2.24) is 4.98 Å². The van der Waals surface area contributed by atoms with E-state index in [0.29, 0.717) is 6.54 Å². The molecule has 0 aliphatic carbocycles. The van der Waals surface area contributed by atoms with Crippen LogP contribution in [0.25, 0.3) is 0 Å². The van der Waals surface area contributed by atoms with Gasteiger partial charge in [-0.1, -0.05) is 13.8 Å². The van der Waals surface area contributed by atoms with Gasteiger partial charge in [-0.15, -0.1) is 0 Å². The van der Waals surface area contributed by atoms with Gasteiger partial charge in [-0.3, -0.25) is 4.98 Å². The van der Waals surface area contributed by atoms with Crippen LogP contribution in [-0.4, -0.2) is 18.1 Å². The third kappa shape index (κ3) is 5.12. The van der Waals surface area contributed by atoms with Crippen molar-refractivity contribution in [3.63, 3.8) is 0 Å². The average molecular weight is 222 g/mol. The van der Waals surface area contributed by atoms with Crippen LogP contribution in [0.3, 0.4) is 0 Å². The fourth-order valence-corrected chi connectivity index (χ4v) is 1.47. The highest BCUT2D eigenvalue weighted by Crippen LogP contribution is 2.11. The summed E-state index contributed by atoms with van der Waals surface area (Å²) in [5.41, 5.74) is 6.48. The zero-order valence-electron chi connectivity index (χ0n) is 10.3. The molecule has 0 aliphatic heterocycles. The molecule has 3 nitrogen and oxygen atoms in total. The predicted octanol–water partition coefficient (Wildman–Crippen LogP) is 2.40. The Morgan fingerprint density at radius 2 is 2.19 bits per heavy atom. The number of hydrogen-bond donors (Lipinski definition) is 1. The maximum Gasteiger partial charge on any atom is 0.137 e. The molecule has 0 bridgehead atoms. The molecule has 0 atom stereocenters. The summed E-state index contributed by atoms with van der Waals surface area (Å²) >= 11 is 0. The monoisotopic (exact) mass is 222 g/mol. The van der Waals surface area contributed by atoms with E-state index < -0.39 is 0 Å². The number of ether oxygens (including phenoxy) is 1. The molecule has 1 aromatic heterocycles. The number of hydrogen-bond acceptors (Lipinski definition) is 3. The van der Waals surface area contributed by atoms with Crippen molar-refractivity contribution < 1.29 is 4.74 Å². The van der Waals surface area contributed by atoms with E-state index in [9.17, 15) is 0 Å². The highest BCUT2D eigenvalue weighted by molar-refractivity contribution is 5.19. The Kier molecular flexibility index (Phi) is 5.86. The van der Waals surface area contributed by atoms with Gasteiger partial charge in [-0.05, 0) is 37.4 Å². The summed E-state index contributed by atoms with van der Waals surface area (Å²) < 4.78 is 5.60. The van der Waals surface area contributed by atoms with Gasteiger partial charge in [0.15, 0.2) is 0 Å². The van der Waals surface area contributed by atoms with Crippen molar-refractivity contribution in [2.45, 2.75) is 33.1 Å². The van der Waals surface area contributed by atoms with E-state index in [0.717, 1.165) is 36.8 Å². The van der Waals surface area contributed by atoms with Gasteiger partial charge in [0.25, 0.3) is 0 Å². The number of nitrogens with zero attached hydrogens (tertiary/aromatic N) is 1. The summed E-state index contributed by atoms with van der Waals surface area (Å²) in [7, 11) is 0. The van der Waals surface area contributed by atoms with Crippen molar-refractivity contribution in [2.75, 3.05) is 13.2 Å². The maximum atomic E-state index is 5.60. The topological polar surface area (TPSA) is 48.1 Å². The van der Waals surface area contributed by atoms with Crippen LogP contribution < -0.4 is 10.5 Å².